The number of carbonyl (C=O) groups excluding carboxylic acids is 2. The van der Waals surface area contributed by atoms with Crippen LogP contribution in [0.2, 0.25) is 5.02 Å². The van der Waals surface area contributed by atoms with E-state index in [4.69, 9.17) is 11.6 Å². The lowest BCUT2D eigenvalue weighted by Crippen LogP contribution is -2.32. The number of halogens is 1. The molecule has 0 fully saturated rings. The fraction of sp³-hybridized carbons (Fsp3) is 0.0526. The molecule has 11 nitrogen and oxygen atoms in total. The predicted molar refractivity (Wildman–Crippen MR) is 113 cm³/mol. The van der Waals surface area contributed by atoms with Crippen molar-refractivity contribution in [2.75, 3.05) is 10.9 Å². The molecule has 0 atom stereocenters. The number of benzene rings is 2. The van der Waals surface area contributed by atoms with Crippen LogP contribution in [0.3, 0.4) is 0 Å². The first-order valence-electron chi connectivity index (χ1n) is 8.80. The minimum atomic E-state index is -0.760. The number of nitro groups is 1. The topological polar surface area (TPSA) is 151 Å². The molecule has 3 rings (SSSR count). The van der Waals surface area contributed by atoms with Gasteiger partial charge in [-0.05, 0) is 31.2 Å². The summed E-state index contributed by atoms with van der Waals surface area (Å²) in [5.41, 5.74) is 10.3. The Bertz CT molecular complexity index is 1140. The molecule has 0 aliphatic rings. The van der Waals surface area contributed by atoms with Crippen molar-refractivity contribution in [3.63, 3.8) is 0 Å². The number of carbonyl (C=O) groups is 2. The number of rotatable bonds is 7. The minimum Gasteiger partial charge on any atom is -0.276 e. The van der Waals surface area contributed by atoms with Crippen LogP contribution in [0.4, 0.5) is 17.3 Å². The Balaban J connectivity index is 1.74. The van der Waals surface area contributed by atoms with E-state index in [-0.39, 0.29) is 22.2 Å². The zero-order valence-corrected chi connectivity index (χ0v) is 16.8. The van der Waals surface area contributed by atoms with Gasteiger partial charge in [0.25, 0.3) is 11.8 Å². The van der Waals surface area contributed by atoms with E-state index in [0.717, 1.165) is 11.9 Å². The van der Waals surface area contributed by atoms with Gasteiger partial charge in [0, 0.05) is 5.56 Å². The number of nitrogens with zero attached hydrogens (tertiary/aromatic N) is 3. The van der Waals surface area contributed by atoms with Crippen LogP contribution in [-0.4, -0.2) is 26.7 Å². The van der Waals surface area contributed by atoms with Crippen molar-refractivity contribution in [2.45, 2.75) is 6.92 Å². The number of aromatic nitrogens is 2. The third-order valence-corrected chi connectivity index (χ3v) is 4.36. The van der Waals surface area contributed by atoms with Gasteiger partial charge in [0.15, 0.2) is 0 Å². The second-order valence-electron chi connectivity index (χ2n) is 6.18. The Morgan fingerprint density at radius 1 is 0.935 bits per heavy atom. The maximum Gasteiger partial charge on any atom is 0.356 e. The van der Waals surface area contributed by atoms with Crippen LogP contribution in [0.15, 0.2) is 54.9 Å². The van der Waals surface area contributed by atoms with Gasteiger partial charge < -0.3 is 0 Å². The molecule has 0 aliphatic carbocycles. The van der Waals surface area contributed by atoms with Crippen LogP contribution in [0.1, 0.15) is 26.3 Å². The Labute approximate surface area is 180 Å². The van der Waals surface area contributed by atoms with Crippen LogP contribution in [-0.2, 0) is 0 Å². The quantitative estimate of drug-likeness (QED) is 0.322. The van der Waals surface area contributed by atoms with Crippen molar-refractivity contribution in [1.82, 2.24) is 20.8 Å². The highest BCUT2D eigenvalue weighted by molar-refractivity contribution is 6.33. The van der Waals surface area contributed by atoms with E-state index in [1.807, 2.05) is 6.92 Å². The minimum absolute atomic E-state index is 0.164. The number of amides is 2. The summed E-state index contributed by atoms with van der Waals surface area (Å²) in [7, 11) is 0. The molecule has 31 heavy (non-hydrogen) atoms. The average molecular weight is 442 g/mol. The van der Waals surface area contributed by atoms with Gasteiger partial charge in [0.1, 0.15) is 6.33 Å². The number of nitrogens with one attached hydrogen (secondary N) is 4. The van der Waals surface area contributed by atoms with Crippen LogP contribution >= 0.6 is 11.6 Å². The lowest BCUT2D eigenvalue weighted by Gasteiger charge is -2.12. The molecule has 2 amide bonds. The van der Waals surface area contributed by atoms with Gasteiger partial charge in [-0.3, -0.25) is 41.4 Å². The number of anilines is 2. The Morgan fingerprint density at radius 3 is 2.10 bits per heavy atom. The summed E-state index contributed by atoms with van der Waals surface area (Å²) in [6, 6.07) is 13.0. The molecular weight excluding hydrogens is 426 g/mol. The van der Waals surface area contributed by atoms with Crippen LogP contribution in [0.25, 0.3) is 0 Å². The van der Waals surface area contributed by atoms with Gasteiger partial charge in [-0.1, -0.05) is 41.4 Å². The third kappa shape index (κ3) is 5.22. The molecule has 1 aromatic heterocycles. The highest BCUT2D eigenvalue weighted by atomic mass is 35.5. The van der Waals surface area contributed by atoms with E-state index in [1.54, 1.807) is 36.4 Å². The summed E-state index contributed by atoms with van der Waals surface area (Å²) in [6.07, 6.45) is 1.03. The largest absolute Gasteiger partial charge is 0.356 e. The first-order valence-corrected chi connectivity index (χ1v) is 9.18. The first kappa shape index (κ1) is 21.5. The molecule has 0 aliphatic heterocycles. The van der Waals surface area contributed by atoms with Gasteiger partial charge in [0.05, 0.1) is 15.5 Å². The lowest BCUT2D eigenvalue weighted by atomic mass is 10.1. The molecule has 2 aromatic carbocycles. The van der Waals surface area contributed by atoms with E-state index in [0.29, 0.717) is 5.56 Å². The number of hydrogen-bond donors (Lipinski definition) is 4. The Morgan fingerprint density at radius 2 is 1.52 bits per heavy atom. The molecule has 0 spiro atoms. The van der Waals surface area contributed by atoms with E-state index in [1.165, 1.54) is 12.1 Å². The standard InChI is InChI=1S/C19H16ClN7O4/c1-11-6-8-12(9-7-11)18(28)25-23-16-15(27(30)31)17(22-10-21-16)24-26-19(29)13-4-2-3-5-14(13)20/h2-10H,1H3,(H,25,28)(H,26,29)(H2,21,22,23,24). The van der Waals surface area contributed by atoms with Gasteiger partial charge in [-0.25, -0.2) is 9.97 Å². The molecule has 0 saturated heterocycles. The van der Waals surface area contributed by atoms with Crippen LogP contribution in [0, 0.1) is 17.0 Å². The summed E-state index contributed by atoms with van der Waals surface area (Å²) >= 11 is 5.97. The zero-order valence-electron chi connectivity index (χ0n) is 16.0. The smallest absolute Gasteiger partial charge is 0.276 e. The van der Waals surface area contributed by atoms with Crippen molar-refractivity contribution in [1.29, 1.82) is 0 Å². The summed E-state index contributed by atoms with van der Waals surface area (Å²) in [5, 5.41) is 11.8. The molecule has 12 heteroatoms. The maximum atomic E-state index is 12.3. The van der Waals surface area contributed by atoms with Gasteiger partial charge >= 0.3 is 5.69 Å². The van der Waals surface area contributed by atoms with E-state index < -0.39 is 22.4 Å². The lowest BCUT2D eigenvalue weighted by molar-refractivity contribution is -0.383. The van der Waals surface area contributed by atoms with Gasteiger partial charge in [0.2, 0.25) is 11.6 Å². The number of hydrazine groups is 2. The summed E-state index contributed by atoms with van der Waals surface area (Å²) in [5.74, 6) is -1.72. The highest BCUT2D eigenvalue weighted by Gasteiger charge is 2.24. The highest BCUT2D eigenvalue weighted by Crippen LogP contribution is 2.28. The van der Waals surface area contributed by atoms with Gasteiger partial charge in [-0.15, -0.1) is 0 Å². The molecule has 3 aromatic rings. The molecule has 0 saturated carbocycles. The van der Waals surface area contributed by atoms with Crippen LogP contribution in [0.5, 0.6) is 0 Å². The first-order chi connectivity index (χ1) is 14.9. The third-order valence-electron chi connectivity index (χ3n) is 4.03. The fourth-order valence-electron chi connectivity index (χ4n) is 2.46. The number of aryl methyl sites for hydroxylation is 1. The molecular formula is C19H16ClN7O4. The molecule has 1 heterocycles. The van der Waals surface area contributed by atoms with E-state index in [9.17, 15) is 19.7 Å². The van der Waals surface area contributed by atoms with E-state index in [2.05, 4.69) is 31.7 Å². The van der Waals surface area contributed by atoms with Crippen molar-refractivity contribution in [3.05, 3.63) is 86.7 Å². The molecule has 0 unspecified atom stereocenters. The zero-order chi connectivity index (χ0) is 22.4. The second kappa shape index (κ2) is 9.50. The van der Waals surface area contributed by atoms with Crippen LogP contribution < -0.4 is 21.7 Å². The maximum absolute atomic E-state index is 12.3. The van der Waals surface area contributed by atoms with Crippen molar-refractivity contribution in [2.24, 2.45) is 0 Å². The summed E-state index contributed by atoms with van der Waals surface area (Å²) in [4.78, 5) is 42.9. The van der Waals surface area contributed by atoms with Gasteiger partial charge in [-0.2, -0.15) is 0 Å². The average Bonchev–Trinajstić information content (AvgIpc) is 2.76. The SMILES string of the molecule is Cc1ccc(C(=O)NNc2ncnc(NNC(=O)c3ccccc3Cl)c2[N+](=O)[O-])cc1. The Hall–Kier alpha value is -4.25. The monoisotopic (exact) mass is 441 g/mol. The molecule has 0 radical (unpaired) electrons. The summed E-state index contributed by atoms with van der Waals surface area (Å²) < 4.78 is 0. The fourth-order valence-corrected chi connectivity index (χ4v) is 2.68. The Kier molecular flexibility index (Phi) is 6.58. The second-order valence-corrected chi connectivity index (χ2v) is 6.59. The predicted octanol–water partition coefficient (Wildman–Crippen LogP) is 2.86. The molecule has 4 N–H and O–H groups in total. The molecule has 158 valence electrons. The molecule has 0 bridgehead atoms. The number of hydrogen-bond acceptors (Lipinski definition) is 8. The summed E-state index contributed by atoms with van der Waals surface area (Å²) in [6.45, 7) is 1.88. The van der Waals surface area contributed by atoms with Crippen molar-refractivity contribution >= 4 is 40.7 Å². The normalized spacial score (nSPS) is 10.1. The van der Waals surface area contributed by atoms with Crippen molar-refractivity contribution in [3.8, 4) is 0 Å². The van der Waals surface area contributed by atoms with E-state index >= 15 is 0 Å². The van der Waals surface area contributed by atoms with Crippen molar-refractivity contribution < 1.29 is 14.5 Å².